The summed E-state index contributed by atoms with van der Waals surface area (Å²) in [7, 11) is 0. The fraction of sp³-hybridized carbons (Fsp3) is 0.478. The lowest BCUT2D eigenvalue weighted by Gasteiger charge is -2.27. The monoisotopic (exact) mass is 369 g/mol. The van der Waals surface area contributed by atoms with Gasteiger partial charge in [0, 0.05) is 26.1 Å². The van der Waals surface area contributed by atoms with E-state index in [9.17, 15) is 14.6 Å². The molecule has 144 valence electrons. The van der Waals surface area contributed by atoms with E-state index in [0.29, 0.717) is 35.5 Å². The van der Waals surface area contributed by atoms with Gasteiger partial charge in [0.05, 0.1) is 5.60 Å². The van der Waals surface area contributed by atoms with Crippen LogP contribution in [0.25, 0.3) is 0 Å². The van der Waals surface area contributed by atoms with Gasteiger partial charge in [-0.3, -0.25) is 0 Å². The van der Waals surface area contributed by atoms with Crippen molar-refractivity contribution in [2.75, 3.05) is 19.6 Å². The number of phenols is 1. The van der Waals surface area contributed by atoms with Crippen molar-refractivity contribution in [3.05, 3.63) is 65.5 Å². The lowest BCUT2D eigenvalue weighted by molar-refractivity contribution is 0.0345. The Bertz CT molecular complexity index is 777. The Kier molecular flexibility index (Phi) is 4.95. The average molecular weight is 369 g/mol. The van der Waals surface area contributed by atoms with Gasteiger partial charge in [-0.1, -0.05) is 37.3 Å². The molecule has 2 unspecified atom stereocenters. The second-order valence-electron chi connectivity index (χ2n) is 8.63. The smallest absolute Gasteiger partial charge is 0.126 e. The number of phenolic OH excluding ortho intramolecular Hbond substituents is 1. The molecule has 27 heavy (non-hydrogen) atoms. The van der Waals surface area contributed by atoms with E-state index in [1.807, 2.05) is 18.2 Å². The third kappa shape index (κ3) is 4.02. The first kappa shape index (κ1) is 18.5. The summed E-state index contributed by atoms with van der Waals surface area (Å²) in [5.74, 6) is 1.48. The number of halogens is 1. The van der Waals surface area contributed by atoms with Crippen LogP contribution >= 0.6 is 0 Å². The summed E-state index contributed by atoms with van der Waals surface area (Å²) in [6.45, 7) is 5.22. The Hall–Kier alpha value is -1.91. The molecule has 4 rings (SSSR count). The number of aliphatic hydroxyl groups is 1. The Morgan fingerprint density at radius 2 is 1.70 bits per heavy atom. The minimum Gasteiger partial charge on any atom is -0.508 e. The van der Waals surface area contributed by atoms with Crippen LogP contribution in [0, 0.1) is 17.7 Å². The van der Waals surface area contributed by atoms with E-state index < -0.39 is 5.60 Å². The van der Waals surface area contributed by atoms with Crippen LogP contribution in [0.2, 0.25) is 0 Å². The molecule has 0 amide bonds. The second kappa shape index (κ2) is 7.25. The average Bonchev–Trinajstić information content (AvgIpc) is 3.11. The normalized spacial score (nSPS) is 29.0. The Balaban J connectivity index is 1.34. The van der Waals surface area contributed by atoms with Gasteiger partial charge in [0.1, 0.15) is 11.6 Å². The highest BCUT2D eigenvalue weighted by Gasteiger charge is 2.48. The van der Waals surface area contributed by atoms with E-state index in [2.05, 4.69) is 11.8 Å². The number of likely N-dealkylation sites (tertiary alicyclic amines) is 1. The first-order valence-corrected chi connectivity index (χ1v) is 9.89. The van der Waals surface area contributed by atoms with E-state index in [1.54, 1.807) is 24.3 Å². The third-order valence-electron chi connectivity index (χ3n) is 6.41. The van der Waals surface area contributed by atoms with Crippen LogP contribution in [-0.4, -0.2) is 40.3 Å². The fourth-order valence-corrected chi connectivity index (χ4v) is 5.14. The zero-order valence-corrected chi connectivity index (χ0v) is 15.8. The summed E-state index contributed by atoms with van der Waals surface area (Å²) in [5.41, 5.74) is 1.09. The maximum Gasteiger partial charge on any atom is 0.126 e. The highest BCUT2D eigenvalue weighted by atomic mass is 19.1. The Morgan fingerprint density at radius 1 is 1.07 bits per heavy atom. The fourth-order valence-electron chi connectivity index (χ4n) is 5.14. The molecule has 2 aromatic carbocycles. The van der Waals surface area contributed by atoms with Crippen LogP contribution in [0.1, 0.15) is 36.8 Å². The largest absolute Gasteiger partial charge is 0.508 e. The number of benzene rings is 2. The Morgan fingerprint density at radius 3 is 2.33 bits per heavy atom. The second-order valence-corrected chi connectivity index (χ2v) is 8.63. The SMILES string of the molecule is CC(CN1C[C@@H]2CC(O)(Cc3ccccc3F)C[C@@H]2C1)c1ccc(O)cc1. The predicted octanol–water partition coefficient (Wildman–Crippen LogP) is 3.95. The van der Waals surface area contributed by atoms with Crippen LogP contribution in [0.4, 0.5) is 4.39 Å². The lowest BCUT2D eigenvalue weighted by atomic mass is 9.91. The van der Waals surface area contributed by atoms with E-state index in [0.717, 1.165) is 32.5 Å². The molecule has 1 saturated carbocycles. The summed E-state index contributed by atoms with van der Waals surface area (Å²) in [6.07, 6.45) is 1.93. The van der Waals surface area contributed by atoms with E-state index in [1.165, 1.54) is 11.6 Å². The molecule has 2 aromatic rings. The molecule has 2 fully saturated rings. The van der Waals surface area contributed by atoms with Gasteiger partial charge in [-0.05, 0) is 59.9 Å². The standard InChI is InChI=1S/C23H28FNO2/c1-16(17-6-8-21(26)9-7-17)13-25-14-19-11-23(27,12-20(19)15-25)10-18-4-2-3-5-22(18)24/h2-9,16,19-20,26-27H,10-15H2,1H3/t16?,19-,20+,23?. The summed E-state index contributed by atoms with van der Waals surface area (Å²) in [4.78, 5) is 2.50. The molecule has 0 spiro atoms. The summed E-state index contributed by atoms with van der Waals surface area (Å²) >= 11 is 0. The number of hydrogen-bond acceptors (Lipinski definition) is 3. The first-order chi connectivity index (χ1) is 12.9. The topological polar surface area (TPSA) is 43.7 Å². The van der Waals surface area contributed by atoms with Gasteiger partial charge < -0.3 is 15.1 Å². The van der Waals surface area contributed by atoms with Crippen molar-refractivity contribution < 1.29 is 14.6 Å². The number of rotatable bonds is 5. The number of aromatic hydroxyl groups is 1. The van der Waals surface area contributed by atoms with Gasteiger partial charge in [0.15, 0.2) is 0 Å². The Labute approximate surface area is 160 Å². The van der Waals surface area contributed by atoms with Crippen LogP contribution < -0.4 is 0 Å². The lowest BCUT2D eigenvalue weighted by Crippen LogP contribution is -2.33. The molecule has 1 aliphatic heterocycles. The minimum atomic E-state index is -0.772. The molecule has 3 nitrogen and oxygen atoms in total. The van der Waals surface area contributed by atoms with Crippen LogP contribution in [0.15, 0.2) is 48.5 Å². The number of nitrogens with zero attached hydrogens (tertiary/aromatic N) is 1. The first-order valence-electron chi connectivity index (χ1n) is 9.89. The van der Waals surface area contributed by atoms with Gasteiger partial charge in [-0.15, -0.1) is 0 Å². The maximum absolute atomic E-state index is 14.0. The summed E-state index contributed by atoms with van der Waals surface area (Å²) in [6, 6.07) is 14.3. The minimum absolute atomic E-state index is 0.215. The summed E-state index contributed by atoms with van der Waals surface area (Å²) in [5, 5.41) is 20.5. The van der Waals surface area contributed by atoms with Crippen molar-refractivity contribution in [3.63, 3.8) is 0 Å². The van der Waals surface area contributed by atoms with Crippen molar-refractivity contribution in [2.45, 2.75) is 37.7 Å². The molecule has 1 saturated heterocycles. The van der Waals surface area contributed by atoms with Crippen LogP contribution in [-0.2, 0) is 6.42 Å². The highest BCUT2D eigenvalue weighted by molar-refractivity contribution is 5.28. The van der Waals surface area contributed by atoms with E-state index >= 15 is 0 Å². The van der Waals surface area contributed by atoms with Gasteiger partial charge in [-0.25, -0.2) is 4.39 Å². The highest BCUT2D eigenvalue weighted by Crippen LogP contribution is 2.45. The summed E-state index contributed by atoms with van der Waals surface area (Å²) < 4.78 is 14.0. The van der Waals surface area contributed by atoms with E-state index in [4.69, 9.17) is 0 Å². The zero-order valence-electron chi connectivity index (χ0n) is 15.8. The predicted molar refractivity (Wildman–Crippen MR) is 104 cm³/mol. The van der Waals surface area contributed by atoms with Crippen molar-refractivity contribution in [2.24, 2.45) is 11.8 Å². The molecular formula is C23H28FNO2. The molecule has 4 heteroatoms. The molecular weight excluding hydrogens is 341 g/mol. The number of hydrogen-bond donors (Lipinski definition) is 2. The third-order valence-corrected chi connectivity index (χ3v) is 6.41. The van der Waals surface area contributed by atoms with Gasteiger partial charge in [0.25, 0.3) is 0 Å². The van der Waals surface area contributed by atoms with Crippen molar-refractivity contribution >= 4 is 0 Å². The molecule has 4 atom stereocenters. The van der Waals surface area contributed by atoms with Crippen molar-refractivity contribution in [1.29, 1.82) is 0 Å². The zero-order chi connectivity index (χ0) is 19.0. The van der Waals surface area contributed by atoms with Gasteiger partial charge >= 0.3 is 0 Å². The molecule has 0 bridgehead atoms. The van der Waals surface area contributed by atoms with Gasteiger partial charge in [0.2, 0.25) is 0 Å². The molecule has 1 heterocycles. The molecule has 0 radical (unpaired) electrons. The molecule has 1 aliphatic carbocycles. The molecule has 0 aromatic heterocycles. The maximum atomic E-state index is 14.0. The quantitative estimate of drug-likeness (QED) is 0.839. The van der Waals surface area contributed by atoms with Crippen LogP contribution in [0.5, 0.6) is 5.75 Å². The van der Waals surface area contributed by atoms with E-state index in [-0.39, 0.29) is 5.82 Å². The van der Waals surface area contributed by atoms with Crippen molar-refractivity contribution in [1.82, 2.24) is 4.90 Å². The number of fused-ring (bicyclic) bond motifs is 1. The molecule has 2 N–H and O–H groups in total. The van der Waals surface area contributed by atoms with Gasteiger partial charge in [-0.2, -0.15) is 0 Å². The van der Waals surface area contributed by atoms with Crippen LogP contribution in [0.3, 0.4) is 0 Å². The van der Waals surface area contributed by atoms with Crippen molar-refractivity contribution in [3.8, 4) is 5.75 Å². The molecule has 2 aliphatic rings.